The number of benzene rings is 1. The maximum Gasteiger partial charge on any atom is 0.228 e. The first kappa shape index (κ1) is 10.2. The van der Waals surface area contributed by atoms with Crippen molar-refractivity contribution >= 4 is 5.91 Å². The van der Waals surface area contributed by atoms with Crippen molar-refractivity contribution in [2.24, 2.45) is 5.73 Å². The summed E-state index contributed by atoms with van der Waals surface area (Å²) in [5.74, 6) is -0.163. The van der Waals surface area contributed by atoms with Gasteiger partial charge in [-0.15, -0.1) is 0 Å². The van der Waals surface area contributed by atoms with Crippen LogP contribution in [0.25, 0.3) is 0 Å². The lowest BCUT2D eigenvalue weighted by Gasteiger charge is -2.25. The lowest BCUT2D eigenvalue weighted by molar-refractivity contribution is -0.123. The van der Waals surface area contributed by atoms with Crippen molar-refractivity contribution in [3.05, 3.63) is 35.4 Å². The van der Waals surface area contributed by atoms with E-state index in [1.54, 1.807) is 0 Å². The van der Waals surface area contributed by atoms with E-state index in [2.05, 4.69) is 19.1 Å². The molecule has 1 aromatic carbocycles. The standard InChI is InChI=1S/C13H17NO/c1-10-4-6-11(7-5-10)13(12(14)15)8-2-3-9-13/h4-7H,2-3,8-9H2,1H3,(H2,14,15). The zero-order chi connectivity index (χ0) is 10.9. The second-order valence-corrected chi connectivity index (χ2v) is 4.52. The van der Waals surface area contributed by atoms with Crippen molar-refractivity contribution in [2.45, 2.75) is 38.0 Å². The van der Waals surface area contributed by atoms with Crippen LogP contribution in [0.2, 0.25) is 0 Å². The molecule has 1 fully saturated rings. The van der Waals surface area contributed by atoms with Gasteiger partial charge < -0.3 is 5.73 Å². The van der Waals surface area contributed by atoms with Gasteiger partial charge in [0, 0.05) is 0 Å². The molecule has 2 N–H and O–H groups in total. The number of carbonyl (C=O) groups excluding carboxylic acids is 1. The van der Waals surface area contributed by atoms with Gasteiger partial charge in [0.1, 0.15) is 0 Å². The summed E-state index contributed by atoms with van der Waals surface area (Å²) in [5.41, 5.74) is 7.50. The number of nitrogens with two attached hydrogens (primary N) is 1. The summed E-state index contributed by atoms with van der Waals surface area (Å²) < 4.78 is 0. The number of hydrogen-bond donors (Lipinski definition) is 1. The molecular weight excluding hydrogens is 186 g/mol. The van der Waals surface area contributed by atoms with Gasteiger partial charge in [-0.1, -0.05) is 42.7 Å². The van der Waals surface area contributed by atoms with Crippen LogP contribution in [0.4, 0.5) is 0 Å². The number of hydrogen-bond acceptors (Lipinski definition) is 1. The molecule has 0 unspecified atom stereocenters. The van der Waals surface area contributed by atoms with Gasteiger partial charge in [-0.3, -0.25) is 4.79 Å². The first-order valence-electron chi connectivity index (χ1n) is 5.52. The molecule has 1 aliphatic rings. The summed E-state index contributed by atoms with van der Waals surface area (Å²) >= 11 is 0. The minimum Gasteiger partial charge on any atom is -0.369 e. The topological polar surface area (TPSA) is 43.1 Å². The predicted octanol–water partition coefficient (Wildman–Crippen LogP) is 2.29. The maximum atomic E-state index is 11.6. The third-order valence-corrected chi connectivity index (χ3v) is 3.53. The first-order valence-corrected chi connectivity index (χ1v) is 5.52. The number of primary amides is 1. The van der Waals surface area contributed by atoms with Crippen LogP contribution in [0.1, 0.15) is 36.8 Å². The number of amides is 1. The van der Waals surface area contributed by atoms with Crippen LogP contribution in [0.5, 0.6) is 0 Å². The normalized spacial score (nSPS) is 19.0. The fourth-order valence-electron chi connectivity index (χ4n) is 2.53. The first-order chi connectivity index (χ1) is 7.15. The third kappa shape index (κ3) is 1.65. The van der Waals surface area contributed by atoms with Gasteiger partial charge >= 0.3 is 0 Å². The largest absolute Gasteiger partial charge is 0.369 e. The highest BCUT2D eigenvalue weighted by atomic mass is 16.1. The molecule has 2 rings (SSSR count). The Morgan fingerprint density at radius 2 is 1.73 bits per heavy atom. The van der Waals surface area contributed by atoms with E-state index < -0.39 is 0 Å². The van der Waals surface area contributed by atoms with Crippen molar-refractivity contribution in [1.29, 1.82) is 0 Å². The van der Waals surface area contributed by atoms with Crippen molar-refractivity contribution in [2.75, 3.05) is 0 Å². The van der Waals surface area contributed by atoms with E-state index in [-0.39, 0.29) is 11.3 Å². The fourth-order valence-corrected chi connectivity index (χ4v) is 2.53. The predicted molar refractivity (Wildman–Crippen MR) is 60.5 cm³/mol. The highest BCUT2D eigenvalue weighted by Gasteiger charge is 2.40. The van der Waals surface area contributed by atoms with Crippen LogP contribution in [-0.2, 0) is 10.2 Å². The molecule has 2 heteroatoms. The average molecular weight is 203 g/mol. The lowest BCUT2D eigenvalue weighted by atomic mass is 9.78. The Balaban J connectivity index is 2.41. The average Bonchev–Trinajstić information content (AvgIpc) is 2.69. The van der Waals surface area contributed by atoms with E-state index in [4.69, 9.17) is 5.73 Å². The molecule has 2 nitrogen and oxygen atoms in total. The Morgan fingerprint density at radius 1 is 1.20 bits per heavy atom. The molecule has 0 saturated heterocycles. The smallest absolute Gasteiger partial charge is 0.228 e. The SMILES string of the molecule is Cc1ccc(C2(C(N)=O)CCCC2)cc1. The summed E-state index contributed by atoms with van der Waals surface area (Å²) in [6.07, 6.45) is 4.03. The molecule has 0 atom stereocenters. The van der Waals surface area contributed by atoms with Crippen molar-refractivity contribution in [3.63, 3.8) is 0 Å². The van der Waals surface area contributed by atoms with E-state index in [0.29, 0.717) is 0 Å². The van der Waals surface area contributed by atoms with Crippen molar-refractivity contribution in [3.8, 4) is 0 Å². The lowest BCUT2D eigenvalue weighted by Crippen LogP contribution is -2.38. The number of aryl methyl sites for hydroxylation is 1. The third-order valence-electron chi connectivity index (χ3n) is 3.53. The number of carbonyl (C=O) groups is 1. The van der Waals surface area contributed by atoms with E-state index >= 15 is 0 Å². The van der Waals surface area contributed by atoms with Crippen LogP contribution in [-0.4, -0.2) is 5.91 Å². The molecule has 0 spiro atoms. The molecule has 0 heterocycles. The Kier molecular flexibility index (Phi) is 2.51. The van der Waals surface area contributed by atoms with E-state index in [9.17, 15) is 4.79 Å². The van der Waals surface area contributed by atoms with Gasteiger partial charge in [-0.2, -0.15) is 0 Å². The van der Waals surface area contributed by atoms with E-state index in [1.807, 2.05) is 12.1 Å². The molecule has 1 aliphatic carbocycles. The maximum absolute atomic E-state index is 11.6. The molecule has 1 amide bonds. The molecule has 0 radical (unpaired) electrons. The highest BCUT2D eigenvalue weighted by molar-refractivity contribution is 5.87. The Morgan fingerprint density at radius 3 is 2.20 bits per heavy atom. The highest BCUT2D eigenvalue weighted by Crippen LogP contribution is 2.40. The van der Waals surface area contributed by atoms with E-state index in [1.165, 1.54) is 5.56 Å². The summed E-state index contributed by atoms with van der Waals surface area (Å²) in [4.78, 5) is 11.6. The molecule has 15 heavy (non-hydrogen) atoms. The monoisotopic (exact) mass is 203 g/mol. The summed E-state index contributed by atoms with van der Waals surface area (Å²) in [5, 5.41) is 0. The van der Waals surface area contributed by atoms with Gasteiger partial charge in [0.2, 0.25) is 5.91 Å². The quantitative estimate of drug-likeness (QED) is 0.787. The van der Waals surface area contributed by atoms with Crippen molar-refractivity contribution in [1.82, 2.24) is 0 Å². The second-order valence-electron chi connectivity index (χ2n) is 4.52. The van der Waals surface area contributed by atoms with Crippen LogP contribution in [0.3, 0.4) is 0 Å². The minimum absolute atomic E-state index is 0.163. The van der Waals surface area contributed by atoms with Gasteiger partial charge in [0.25, 0.3) is 0 Å². The van der Waals surface area contributed by atoms with E-state index in [0.717, 1.165) is 31.2 Å². The van der Waals surface area contributed by atoms with Crippen molar-refractivity contribution < 1.29 is 4.79 Å². The molecule has 0 bridgehead atoms. The Bertz CT molecular complexity index is 361. The van der Waals surface area contributed by atoms with Gasteiger partial charge in [-0.25, -0.2) is 0 Å². The summed E-state index contributed by atoms with van der Waals surface area (Å²) in [6, 6.07) is 8.20. The molecular formula is C13H17NO. The second kappa shape index (κ2) is 3.69. The van der Waals surface area contributed by atoms with Gasteiger partial charge in [0.15, 0.2) is 0 Å². The minimum atomic E-state index is -0.381. The fraction of sp³-hybridized carbons (Fsp3) is 0.462. The van der Waals surface area contributed by atoms with Crippen LogP contribution in [0.15, 0.2) is 24.3 Å². The molecule has 1 aromatic rings. The molecule has 0 aromatic heterocycles. The zero-order valence-corrected chi connectivity index (χ0v) is 9.12. The summed E-state index contributed by atoms with van der Waals surface area (Å²) in [7, 11) is 0. The van der Waals surface area contributed by atoms with Gasteiger partial charge in [0.05, 0.1) is 5.41 Å². The Labute approximate surface area is 90.5 Å². The molecule has 80 valence electrons. The number of rotatable bonds is 2. The van der Waals surface area contributed by atoms with Crippen LogP contribution in [0, 0.1) is 6.92 Å². The Hall–Kier alpha value is -1.31. The van der Waals surface area contributed by atoms with Crippen LogP contribution >= 0.6 is 0 Å². The molecule has 0 aliphatic heterocycles. The van der Waals surface area contributed by atoms with Gasteiger partial charge in [-0.05, 0) is 25.3 Å². The molecule has 1 saturated carbocycles. The zero-order valence-electron chi connectivity index (χ0n) is 9.12. The summed E-state index contributed by atoms with van der Waals surface area (Å²) in [6.45, 7) is 2.05. The van der Waals surface area contributed by atoms with Crippen LogP contribution < -0.4 is 5.73 Å².